The van der Waals surface area contributed by atoms with Crippen molar-refractivity contribution in [2.24, 2.45) is 0 Å². The number of rotatable bonds is 5. The van der Waals surface area contributed by atoms with Gasteiger partial charge in [0.15, 0.2) is 0 Å². The fourth-order valence-electron chi connectivity index (χ4n) is 2.12. The third-order valence-corrected chi connectivity index (χ3v) is 4.92. The average Bonchev–Trinajstić information content (AvgIpc) is 2.81. The largest absolute Gasteiger partial charge is 0.269 e. The highest BCUT2D eigenvalue weighted by atomic mass is 32.2. The minimum absolute atomic E-state index is 0.238. The first-order valence-electron chi connectivity index (χ1n) is 6.55. The van der Waals surface area contributed by atoms with Crippen molar-refractivity contribution in [3.8, 4) is 0 Å². The van der Waals surface area contributed by atoms with Gasteiger partial charge in [-0.05, 0) is 26.3 Å². The molecule has 5 nitrogen and oxygen atoms in total. The van der Waals surface area contributed by atoms with Gasteiger partial charge >= 0.3 is 0 Å². The lowest BCUT2D eigenvalue weighted by atomic mass is 10.1. The second-order valence-electron chi connectivity index (χ2n) is 4.66. The molecular weight excluding hydrogens is 274 g/mol. The molecule has 0 amide bonds. The van der Waals surface area contributed by atoms with Gasteiger partial charge in [-0.2, -0.15) is 5.10 Å². The van der Waals surface area contributed by atoms with Crippen molar-refractivity contribution in [3.63, 3.8) is 0 Å². The summed E-state index contributed by atoms with van der Waals surface area (Å²) in [4.78, 5) is 0.238. The zero-order valence-electron chi connectivity index (χ0n) is 11.9. The normalized spacial score (nSPS) is 13.3. The van der Waals surface area contributed by atoms with Crippen molar-refractivity contribution in [3.05, 3.63) is 47.8 Å². The molecule has 0 unspecified atom stereocenters. The topological polar surface area (TPSA) is 64.0 Å². The van der Waals surface area contributed by atoms with Crippen LogP contribution in [0.1, 0.15) is 31.1 Å². The summed E-state index contributed by atoms with van der Waals surface area (Å²) in [7, 11) is -3.56. The van der Waals surface area contributed by atoms with E-state index in [1.165, 1.54) is 6.20 Å². The highest BCUT2D eigenvalue weighted by Gasteiger charge is 2.22. The molecule has 1 aromatic carbocycles. The van der Waals surface area contributed by atoms with E-state index in [9.17, 15) is 8.42 Å². The smallest absolute Gasteiger partial charge is 0.244 e. The fraction of sp³-hybridized carbons (Fsp3) is 0.357. The van der Waals surface area contributed by atoms with Gasteiger partial charge in [0.25, 0.3) is 0 Å². The Bertz CT molecular complexity index is 678. The maximum absolute atomic E-state index is 12.4. The Morgan fingerprint density at radius 2 is 1.95 bits per heavy atom. The molecule has 20 heavy (non-hydrogen) atoms. The summed E-state index contributed by atoms with van der Waals surface area (Å²) in [6.45, 7) is 6.16. The molecule has 6 heteroatoms. The number of benzene rings is 1. The van der Waals surface area contributed by atoms with Crippen LogP contribution in [0.5, 0.6) is 0 Å². The van der Waals surface area contributed by atoms with E-state index in [2.05, 4.69) is 9.82 Å². The molecule has 108 valence electrons. The molecule has 2 rings (SSSR count). The summed E-state index contributed by atoms with van der Waals surface area (Å²) in [5.74, 6) is 0. The quantitative estimate of drug-likeness (QED) is 0.919. The van der Waals surface area contributed by atoms with Crippen LogP contribution in [-0.4, -0.2) is 18.2 Å². The molecule has 0 saturated carbocycles. The van der Waals surface area contributed by atoms with E-state index in [4.69, 9.17) is 0 Å². The first-order chi connectivity index (χ1) is 9.45. The third kappa shape index (κ3) is 2.91. The van der Waals surface area contributed by atoms with Crippen molar-refractivity contribution in [1.82, 2.24) is 14.5 Å². The summed E-state index contributed by atoms with van der Waals surface area (Å²) in [6, 6.07) is 9.19. The Kier molecular flexibility index (Phi) is 4.25. The minimum atomic E-state index is -3.56. The first-order valence-corrected chi connectivity index (χ1v) is 8.03. The molecule has 0 aliphatic rings. The molecule has 1 heterocycles. The summed E-state index contributed by atoms with van der Waals surface area (Å²) < 4.78 is 29.2. The lowest BCUT2D eigenvalue weighted by Crippen LogP contribution is -2.27. The fourth-order valence-corrected chi connectivity index (χ4v) is 3.53. The lowest BCUT2D eigenvalue weighted by Gasteiger charge is -2.14. The molecule has 0 fully saturated rings. The second kappa shape index (κ2) is 5.76. The van der Waals surface area contributed by atoms with E-state index in [0.717, 1.165) is 5.56 Å². The molecular formula is C14H19N3O2S. The Morgan fingerprint density at radius 1 is 1.30 bits per heavy atom. The van der Waals surface area contributed by atoms with Crippen LogP contribution >= 0.6 is 0 Å². The summed E-state index contributed by atoms with van der Waals surface area (Å²) >= 11 is 0. The molecule has 1 N–H and O–H groups in total. The standard InChI is InChI=1S/C14H19N3O2S/c1-4-17-12(3)14(10-15-17)20(18,19)16-11(2)13-8-6-5-7-9-13/h5-11,16H,4H2,1-3H3/t11-/m0/s1. The van der Waals surface area contributed by atoms with Crippen LogP contribution in [0.4, 0.5) is 0 Å². The maximum atomic E-state index is 12.4. The summed E-state index contributed by atoms with van der Waals surface area (Å²) in [5.41, 5.74) is 1.58. The molecule has 0 saturated heterocycles. The van der Waals surface area contributed by atoms with Crippen LogP contribution in [0.2, 0.25) is 0 Å². The Labute approximate surface area is 119 Å². The predicted molar refractivity (Wildman–Crippen MR) is 77.8 cm³/mol. The summed E-state index contributed by atoms with van der Waals surface area (Å²) in [5, 5.41) is 4.08. The van der Waals surface area contributed by atoms with Crippen LogP contribution in [0, 0.1) is 6.92 Å². The van der Waals surface area contributed by atoms with Crippen LogP contribution in [0.3, 0.4) is 0 Å². The van der Waals surface area contributed by atoms with Gasteiger partial charge in [0, 0.05) is 12.6 Å². The van der Waals surface area contributed by atoms with Gasteiger partial charge in [0.1, 0.15) is 4.90 Å². The van der Waals surface area contributed by atoms with Gasteiger partial charge in [-0.3, -0.25) is 4.68 Å². The monoisotopic (exact) mass is 293 g/mol. The molecule has 2 aromatic rings. The molecule has 0 radical (unpaired) electrons. The van der Waals surface area contributed by atoms with Gasteiger partial charge in [-0.25, -0.2) is 13.1 Å². The Morgan fingerprint density at radius 3 is 2.50 bits per heavy atom. The minimum Gasteiger partial charge on any atom is -0.269 e. The average molecular weight is 293 g/mol. The third-order valence-electron chi connectivity index (χ3n) is 3.28. The van der Waals surface area contributed by atoms with Crippen molar-refractivity contribution in [1.29, 1.82) is 0 Å². The predicted octanol–water partition coefficient (Wildman–Crippen LogP) is 2.25. The number of aryl methyl sites for hydroxylation is 1. The van der Waals surface area contributed by atoms with E-state index in [1.807, 2.05) is 44.2 Å². The van der Waals surface area contributed by atoms with E-state index in [1.54, 1.807) is 11.6 Å². The van der Waals surface area contributed by atoms with Crippen molar-refractivity contribution in [2.75, 3.05) is 0 Å². The molecule has 0 spiro atoms. The van der Waals surface area contributed by atoms with Gasteiger partial charge in [0.2, 0.25) is 10.0 Å². The van der Waals surface area contributed by atoms with Crippen molar-refractivity contribution in [2.45, 2.75) is 38.3 Å². The van der Waals surface area contributed by atoms with Crippen LogP contribution in [0.25, 0.3) is 0 Å². The Balaban J connectivity index is 2.25. The summed E-state index contributed by atoms with van der Waals surface area (Å²) in [6.07, 6.45) is 1.40. The molecule has 0 bridgehead atoms. The number of nitrogens with zero attached hydrogens (tertiary/aromatic N) is 2. The van der Waals surface area contributed by atoms with Crippen molar-refractivity contribution >= 4 is 10.0 Å². The van der Waals surface area contributed by atoms with E-state index in [0.29, 0.717) is 12.2 Å². The molecule has 1 aromatic heterocycles. The Hall–Kier alpha value is -1.66. The molecule has 0 aliphatic carbocycles. The number of nitrogens with one attached hydrogen (secondary N) is 1. The lowest BCUT2D eigenvalue weighted by molar-refractivity contribution is 0.565. The first kappa shape index (κ1) is 14.7. The highest BCUT2D eigenvalue weighted by molar-refractivity contribution is 7.89. The molecule has 0 aliphatic heterocycles. The van der Waals surface area contributed by atoms with Gasteiger partial charge in [-0.1, -0.05) is 30.3 Å². The number of sulfonamides is 1. The number of hydrogen-bond donors (Lipinski definition) is 1. The zero-order valence-corrected chi connectivity index (χ0v) is 12.7. The van der Waals surface area contributed by atoms with Crippen molar-refractivity contribution < 1.29 is 8.42 Å². The van der Waals surface area contributed by atoms with Gasteiger partial charge in [0.05, 0.1) is 11.9 Å². The van der Waals surface area contributed by atoms with Crippen LogP contribution in [0.15, 0.2) is 41.4 Å². The molecule has 1 atom stereocenters. The number of aromatic nitrogens is 2. The van der Waals surface area contributed by atoms with Gasteiger partial charge < -0.3 is 0 Å². The van der Waals surface area contributed by atoms with Crippen LogP contribution in [-0.2, 0) is 16.6 Å². The zero-order chi connectivity index (χ0) is 14.8. The maximum Gasteiger partial charge on any atom is 0.244 e. The van der Waals surface area contributed by atoms with Crippen LogP contribution < -0.4 is 4.72 Å². The SMILES string of the molecule is CCn1ncc(S(=O)(=O)N[C@@H](C)c2ccccc2)c1C. The second-order valence-corrected chi connectivity index (χ2v) is 6.35. The van der Waals surface area contributed by atoms with Gasteiger partial charge in [-0.15, -0.1) is 0 Å². The van der Waals surface area contributed by atoms with E-state index >= 15 is 0 Å². The van der Waals surface area contributed by atoms with E-state index < -0.39 is 10.0 Å². The number of hydrogen-bond acceptors (Lipinski definition) is 3. The van der Waals surface area contributed by atoms with E-state index in [-0.39, 0.29) is 10.9 Å². The highest BCUT2D eigenvalue weighted by Crippen LogP contribution is 2.19.